The molecule has 2 amide bonds. The van der Waals surface area contributed by atoms with Crippen molar-refractivity contribution in [3.63, 3.8) is 0 Å². The van der Waals surface area contributed by atoms with Crippen molar-refractivity contribution in [1.82, 2.24) is 15.1 Å². The first-order chi connectivity index (χ1) is 8.08. The molecule has 0 radical (unpaired) electrons. The topological polar surface area (TPSA) is 52.6 Å². The van der Waals surface area contributed by atoms with Crippen LogP contribution in [0.2, 0.25) is 0 Å². The highest BCUT2D eigenvalue weighted by Gasteiger charge is 2.33. The van der Waals surface area contributed by atoms with E-state index < -0.39 is 0 Å². The Morgan fingerprint density at radius 2 is 2.29 bits per heavy atom. The molecule has 2 aliphatic heterocycles. The van der Waals surface area contributed by atoms with E-state index in [2.05, 4.69) is 17.3 Å². The van der Waals surface area contributed by atoms with Gasteiger partial charge in [0.25, 0.3) is 0 Å². The van der Waals surface area contributed by atoms with Crippen LogP contribution in [0.15, 0.2) is 0 Å². The third kappa shape index (κ3) is 2.77. The lowest BCUT2D eigenvalue weighted by Gasteiger charge is -2.36. The average molecular weight is 239 g/mol. The summed E-state index contributed by atoms with van der Waals surface area (Å²) in [5.41, 5.74) is 0. The molecule has 5 nitrogen and oxygen atoms in total. The second-order valence-electron chi connectivity index (χ2n) is 5.21. The lowest BCUT2D eigenvalue weighted by atomic mass is 10.0. The summed E-state index contributed by atoms with van der Waals surface area (Å²) in [6.45, 7) is 2.56. The molecule has 0 bridgehead atoms. The van der Waals surface area contributed by atoms with Gasteiger partial charge in [-0.2, -0.15) is 0 Å². The Morgan fingerprint density at radius 3 is 2.88 bits per heavy atom. The van der Waals surface area contributed by atoms with Gasteiger partial charge in [0.05, 0.1) is 5.92 Å². The Balaban J connectivity index is 1.92. The third-order valence-corrected chi connectivity index (χ3v) is 3.82. The molecule has 2 heterocycles. The molecule has 2 fully saturated rings. The standard InChI is InChI=1S/C12H21N3O2/c1-14-5-3-4-10(8-14)15(2)12(17)9-6-11(16)13-7-9/h9-10H,3-8H2,1-2H3,(H,13,16). The van der Waals surface area contributed by atoms with Gasteiger partial charge in [-0.3, -0.25) is 9.59 Å². The highest BCUT2D eigenvalue weighted by Crippen LogP contribution is 2.18. The maximum Gasteiger partial charge on any atom is 0.228 e. The van der Waals surface area contributed by atoms with E-state index >= 15 is 0 Å². The summed E-state index contributed by atoms with van der Waals surface area (Å²) in [6, 6.07) is 0.303. The molecule has 0 aromatic carbocycles. The second kappa shape index (κ2) is 5.04. The number of carbonyl (C=O) groups is 2. The summed E-state index contributed by atoms with van der Waals surface area (Å²) in [4.78, 5) is 27.4. The molecular weight excluding hydrogens is 218 g/mol. The molecular formula is C12H21N3O2. The molecule has 2 rings (SSSR count). The first-order valence-electron chi connectivity index (χ1n) is 6.30. The van der Waals surface area contributed by atoms with Crippen molar-refractivity contribution in [1.29, 1.82) is 0 Å². The number of nitrogens with zero attached hydrogens (tertiary/aromatic N) is 2. The number of piperidine rings is 1. The van der Waals surface area contributed by atoms with Crippen molar-refractivity contribution in [3.8, 4) is 0 Å². The summed E-state index contributed by atoms with van der Waals surface area (Å²) in [6.07, 6.45) is 2.56. The number of hydrogen-bond donors (Lipinski definition) is 1. The molecule has 1 N–H and O–H groups in total. The molecule has 0 spiro atoms. The molecule has 0 saturated carbocycles. The number of rotatable bonds is 2. The van der Waals surface area contributed by atoms with E-state index in [0.717, 1.165) is 25.9 Å². The fourth-order valence-corrected chi connectivity index (χ4v) is 2.70. The third-order valence-electron chi connectivity index (χ3n) is 3.82. The zero-order valence-corrected chi connectivity index (χ0v) is 10.6. The van der Waals surface area contributed by atoms with Crippen molar-refractivity contribution in [3.05, 3.63) is 0 Å². The second-order valence-corrected chi connectivity index (χ2v) is 5.21. The molecule has 0 aliphatic carbocycles. The monoisotopic (exact) mass is 239 g/mol. The number of amides is 2. The maximum absolute atomic E-state index is 12.2. The zero-order valence-electron chi connectivity index (χ0n) is 10.6. The van der Waals surface area contributed by atoms with Crippen LogP contribution < -0.4 is 5.32 Å². The molecule has 2 unspecified atom stereocenters. The minimum atomic E-state index is -0.153. The summed E-state index contributed by atoms with van der Waals surface area (Å²) in [5, 5.41) is 2.72. The summed E-state index contributed by atoms with van der Waals surface area (Å²) in [7, 11) is 3.96. The van der Waals surface area contributed by atoms with E-state index in [0.29, 0.717) is 19.0 Å². The summed E-state index contributed by atoms with van der Waals surface area (Å²) >= 11 is 0. The van der Waals surface area contributed by atoms with Crippen molar-refractivity contribution < 1.29 is 9.59 Å². The Bertz CT molecular complexity index is 319. The highest BCUT2D eigenvalue weighted by molar-refractivity contribution is 5.89. The van der Waals surface area contributed by atoms with Crippen LogP contribution in [0.3, 0.4) is 0 Å². The van der Waals surface area contributed by atoms with Gasteiger partial charge in [-0.15, -0.1) is 0 Å². The van der Waals surface area contributed by atoms with Gasteiger partial charge in [0.1, 0.15) is 0 Å². The SMILES string of the molecule is CN1CCCC(N(C)C(=O)C2CNC(=O)C2)C1. The summed E-state index contributed by atoms with van der Waals surface area (Å²) < 4.78 is 0. The molecule has 2 atom stereocenters. The molecule has 96 valence electrons. The van der Waals surface area contributed by atoms with Crippen LogP contribution in [0.25, 0.3) is 0 Å². The first-order valence-corrected chi connectivity index (χ1v) is 6.30. The van der Waals surface area contributed by atoms with Gasteiger partial charge in [-0.1, -0.05) is 0 Å². The predicted octanol–water partition coefficient (Wildman–Crippen LogP) is -0.325. The molecule has 17 heavy (non-hydrogen) atoms. The summed E-state index contributed by atoms with van der Waals surface area (Å²) in [5.74, 6) is -0.0408. The van der Waals surface area contributed by atoms with E-state index in [-0.39, 0.29) is 17.7 Å². The number of hydrogen-bond acceptors (Lipinski definition) is 3. The lowest BCUT2D eigenvalue weighted by Crippen LogP contribution is -2.49. The molecule has 0 aromatic heterocycles. The van der Waals surface area contributed by atoms with Gasteiger partial charge < -0.3 is 15.1 Å². The molecule has 2 aliphatic rings. The van der Waals surface area contributed by atoms with Crippen LogP contribution in [-0.4, -0.2) is 61.4 Å². The minimum Gasteiger partial charge on any atom is -0.355 e. The van der Waals surface area contributed by atoms with Crippen molar-refractivity contribution >= 4 is 11.8 Å². The van der Waals surface area contributed by atoms with Crippen LogP contribution in [0, 0.1) is 5.92 Å². The van der Waals surface area contributed by atoms with Crippen molar-refractivity contribution in [2.24, 2.45) is 5.92 Å². The molecule has 5 heteroatoms. The van der Waals surface area contributed by atoms with Crippen LogP contribution in [0.5, 0.6) is 0 Å². The van der Waals surface area contributed by atoms with Crippen LogP contribution in [0.1, 0.15) is 19.3 Å². The van der Waals surface area contributed by atoms with E-state index in [1.807, 2.05) is 11.9 Å². The van der Waals surface area contributed by atoms with E-state index in [1.165, 1.54) is 0 Å². The van der Waals surface area contributed by atoms with E-state index in [1.54, 1.807) is 0 Å². The smallest absolute Gasteiger partial charge is 0.228 e. The zero-order chi connectivity index (χ0) is 12.4. The van der Waals surface area contributed by atoms with Gasteiger partial charge in [0.2, 0.25) is 11.8 Å². The van der Waals surface area contributed by atoms with Crippen molar-refractivity contribution in [2.45, 2.75) is 25.3 Å². The minimum absolute atomic E-state index is 0.00230. The van der Waals surface area contributed by atoms with Gasteiger partial charge >= 0.3 is 0 Å². The number of nitrogens with one attached hydrogen (secondary N) is 1. The quantitative estimate of drug-likeness (QED) is 0.718. The Kier molecular flexibility index (Phi) is 3.66. The molecule has 2 saturated heterocycles. The number of likely N-dealkylation sites (N-methyl/N-ethyl adjacent to an activating group) is 2. The largest absolute Gasteiger partial charge is 0.355 e. The molecule has 0 aromatic rings. The Morgan fingerprint density at radius 1 is 1.53 bits per heavy atom. The van der Waals surface area contributed by atoms with E-state index in [4.69, 9.17) is 0 Å². The van der Waals surface area contributed by atoms with Crippen LogP contribution >= 0.6 is 0 Å². The number of carbonyl (C=O) groups excluding carboxylic acids is 2. The number of likely N-dealkylation sites (tertiary alicyclic amines) is 1. The first kappa shape index (κ1) is 12.4. The fraction of sp³-hybridized carbons (Fsp3) is 0.833. The Labute approximate surface area is 102 Å². The van der Waals surface area contributed by atoms with Gasteiger partial charge in [0.15, 0.2) is 0 Å². The Hall–Kier alpha value is -1.10. The fourth-order valence-electron chi connectivity index (χ4n) is 2.70. The lowest BCUT2D eigenvalue weighted by molar-refractivity contribution is -0.137. The van der Waals surface area contributed by atoms with Gasteiger partial charge in [0, 0.05) is 32.6 Å². The van der Waals surface area contributed by atoms with Crippen LogP contribution in [0.4, 0.5) is 0 Å². The van der Waals surface area contributed by atoms with Gasteiger partial charge in [-0.05, 0) is 26.4 Å². The normalized spacial score (nSPS) is 30.1. The van der Waals surface area contributed by atoms with Crippen molar-refractivity contribution in [2.75, 3.05) is 33.7 Å². The predicted molar refractivity (Wildman–Crippen MR) is 64.4 cm³/mol. The van der Waals surface area contributed by atoms with Gasteiger partial charge in [-0.25, -0.2) is 0 Å². The maximum atomic E-state index is 12.2. The highest BCUT2D eigenvalue weighted by atomic mass is 16.2. The average Bonchev–Trinajstić information content (AvgIpc) is 2.74. The van der Waals surface area contributed by atoms with E-state index in [9.17, 15) is 9.59 Å². The van der Waals surface area contributed by atoms with Crippen LogP contribution in [-0.2, 0) is 9.59 Å².